The van der Waals surface area contributed by atoms with Crippen LogP contribution in [-0.2, 0) is 0 Å². The van der Waals surface area contributed by atoms with Crippen LogP contribution in [0.1, 0.15) is 50.8 Å². The molecule has 0 aliphatic heterocycles. The van der Waals surface area contributed by atoms with Gasteiger partial charge in [0, 0.05) is 11.1 Å². The summed E-state index contributed by atoms with van der Waals surface area (Å²) in [6, 6.07) is 6.19. The van der Waals surface area contributed by atoms with Crippen molar-refractivity contribution in [3.8, 4) is 5.75 Å². The molecule has 0 saturated carbocycles. The third-order valence-electron chi connectivity index (χ3n) is 3.68. The van der Waals surface area contributed by atoms with Crippen molar-refractivity contribution in [1.29, 1.82) is 0 Å². The molecule has 0 saturated heterocycles. The van der Waals surface area contributed by atoms with Gasteiger partial charge in [-0.05, 0) is 38.4 Å². The average molecular weight is 250 g/mol. The molecular weight excluding hydrogens is 224 g/mol. The third kappa shape index (κ3) is 3.03. The quantitative estimate of drug-likeness (QED) is 0.844. The Hall–Kier alpha value is -1.06. The van der Waals surface area contributed by atoms with Gasteiger partial charge in [0.2, 0.25) is 0 Å². The Morgan fingerprint density at radius 3 is 2.33 bits per heavy atom. The number of hydrogen-bond acceptors (Lipinski definition) is 3. The maximum atomic E-state index is 6.34. The molecule has 0 fully saturated rings. The highest BCUT2D eigenvalue weighted by Gasteiger charge is 2.28. The van der Waals surface area contributed by atoms with Crippen molar-refractivity contribution in [3.63, 3.8) is 0 Å². The lowest BCUT2D eigenvalue weighted by Crippen LogP contribution is -2.46. The van der Waals surface area contributed by atoms with E-state index in [1.807, 2.05) is 7.05 Å². The molecule has 0 radical (unpaired) electrons. The summed E-state index contributed by atoms with van der Waals surface area (Å²) in [5, 5.41) is 3.25. The molecular formula is C15H26N2O. The molecule has 3 N–H and O–H groups in total. The second kappa shape index (κ2) is 5.72. The van der Waals surface area contributed by atoms with E-state index >= 15 is 0 Å². The highest BCUT2D eigenvalue weighted by Crippen LogP contribution is 2.32. The Bertz CT molecular complexity index is 399. The summed E-state index contributed by atoms with van der Waals surface area (Å²) in [6.07, 6.45) is 0. The van der Waals surface area contributed by atoms with Gasteiger partial charge in [0.15, 0.2) is 0 Å². The molecule has 1 aromatic rings. The topological polar surface area (TPSA) is 47.3 Å². The van der Waals surface area contributed by atoms with E-state index in [2.05, 4.69) is 51.2 Å². The predicted octanol–water partition coefficient (Wildman–Crippen LogP) is 2.82. The standard InChI is InChI=1S/C15H26N2O/c1-10(2)11-7-8-12(13(9-11)18-6)14(16)15(3,4)17-5/h7-10,14,17H,16H2,1-6H3. The summed E-state index contributed by atoms with van der Waals surface area (Å²) in [5.74, 6) is 1.36. The van der Waals surface area contributed by atoms with Crippen LogP contribution in [0.4, 0.5) is 0 Å². The maximum absolute atomic E-state index is 6.34. The minimum Gasteiger partial charge on any atom is -0.496 e. The molecule has 0 amide bonds. The van der Waals surface area contributed by atoms with Gasteiger partial charge >= 0.3 is 0 Å². The first-order valence-electron chi connectivity index (χ1n) is 6.45. The highest BCUT2D eigenvalue weighted by atomic mass is 16.5. The fourth-order valence-electron chi connectivity index (χ4n) is 1.89. The van der Waals surface area contributed by atoms with Crippen molar-refractivity contribution < 1.29 is 4.74 Å². The molecule has 1 aromatic carbocycles. The van der Waals surface area contributed by atoms with Crippen LogP contribution in [0, 0.1) is 0 Å². The van der Waals surface area contributed by atoms with Gasteiger partial charge in [0.05, 0.1) is 13.2 Å². The van der Waals surface area contributed by atoms with Crippen LogP contribution in [0.15, 0.2) is 18.2 Å². The minimum absolute atomic E-state index is 0.112. The summed E-state index contributed by atoms with van der Waals surface area (Å²) < 4.78 is 5.49. The Balaban J connectivity index is 3.17. The summed E-state index contributed by atoms with van der Waals surface area (Å²) in [4.78, 5) is 0. The number of methoxy groups -OCH3 is 1. The molecule has 18 heavy (non-hydrogen) atoms. The molecule has 1 unspecified atom stereocenters. The maximum Gasteiger partial charge on any atom is 0.123 e. The van der Waals surface area contributed by atoms with Gasteiger partial charge in [0.1, 0.15) is 5.75 Å². The number of likely N-dealkylation sites (N-methyl/N-ethyl adjacent to an activating group) is 1. The zero-order valence-corrected chi connectivity index (χ0v) is 12.4. The van der Waals surface area contributed by atoms with E-state index in [-0.39, 0.29) is 11.6 Å². The molecule has 3 heteroatoms. The minimum atomic E-state index is -0.174. The molecule has 102 valence electrons. The Labute approximate surface area is 111 Å². The smallest absolute Gasteiger partial charge is 0.123 e. The zero-order valence-electron chi connectivity index (χ0n) is 12.4. The first kappa shape index (κ1) is 15.0. The third-order valence-corrected chi connectivity index (χ3v) is 3.68. The molecule has 0 aromatic heterocycles. The summed E-state index contributed by atoms with van der Waals surface area (Å²) in [6.45, 7) is 8.53. The van der Waals surface area contributed by atoms with E-state index in [0.29, 0.717) is 5.92 Å². The van der Waals surface area contributed by atoms with Gasteiger partial charge in [-0.25, -0.2) is 0 Å². The van der Waals surface area contributed by atoms with E-state index in [1.54, 1.807) is 7.11 Å². The molecule has 0 spiro atoms. The average Bonchev–Trinajstić information content (AvgIpc) is 2.36. The van der Waals surface area contributed by atoms with E-state index in [9.17, 15) is 0 Å². The van der Waals surface area contributed by atoms with E-state index in [1.165, 1.54) is 5.56 Å². The summed E-state index contributed by atoms with van der Waals surface area (Å²) >= 11 is 0. The second-order valence-electron chi connectivity index (χ2n) is 5.61. The summed E-state index contributed by atoms with van der Waals surface area (Å²) in [5.41, 5.74) is 8.48. The Morgan fingerprint density at radius 1 is 1.28 bits per heavy atom. The summed E-state index contributed by atoms with van der Waals surface area (Å²) in [7, 11) is 3.62. The number of rotatable bonds is 5. The van der Waals surface area contributed by atoms with Gasteiger partial charge in [-0.15, -0.1) is 0 Å². The van der Waals surface area contributed by atoms with Crippen LogP contribution in [0.2, 0.25) is 0 Å². The molecule has 3 nitrogen and oxygen atoms in total. The Morgan fingerprint density at radius 2 is 1.89 bits per heavy atom. The number of hydrogen-bond donors (Lipinski definition) is 2. The van der Waals surface area contributed by atoms with Crippen molar-refractivity contribution in [2.45, 2.75) is 45.2 Å². The largest absolute Gasteiger partial charge is 0.496 e. The van der Waals surface area contributed by atoms with Crippen LogP contribution in [-0.4, -0.2) is 19.7 Å². The van der Waals surface area contributed by atoms with Gasteiger partial charge in [-0.2, -0.15) is 0 Å². The van der Waals surface area contributed by atoms with Crippen molar-refractivity contribution in [1.82, 2.24) is 5.32 Å². The molecule has 1 atom stereocenters. The monoisotopic (exact) mass is 250 g/mol. The van der Waals surface area contributed by atoms with Crippen LogP contribution < -0.4 is 15.8 Å². The lowest BCUT2D eigenvalue weighted by molar-refractivity contribution is 0.333. The van der Waals surface area contributed by atoms with E-state index < -0.39 is 0 Å². The second-order valence-corrected chi connectivity index (χ2v) is 5.61. The lowest BCUT2D eigenvalue weighted by atomic mass is 9.87. The highest BCUT2D eigenvalue weighted by molar-refractivity contribution is 5.41. The SMILES string of the molecule is CNC(C)(C)C(N)c1ccc(C(C)C)cc1OC. The fraction of sp³-hybridized carbons (Fsp3) is 0.600. The van der Waals surface area contributed by atoms with Crippen LogP contribution >= 0.6 is 0 Å². The first-order valence-corrected chi connectivity index (χ1v) is 6.45. The number of nitrogens with two attached hydrogens (primary N) is 1. The molecule has 0 heterocycles. The number of ether oxygens (including phenoxy) is 1. The molecule has 0 aliphatic rings. The normalized spacial score (nSPS) is 13.8. The van der Waals surface area contributed by atoms with Gasteiger partial charge in [0.25, 0.3) is 0 Å². The number of benzene rings is 1. The molecule has 0 aliphatic carbocycles. The molecule has 1 rings (SSSR count). The van der Waals surface area contributed by atoms with Crippen LogP contribution in [0.3, 0.4) is 0 Å². The van der Waals surface area contributed by atoms with Crippen molar-refractivity contribution >= 4 is 0 Å². The van der Waals surface area contributed by atoms with Gasteiger partial charge < -0.3 is 15.8 Å². The molecule has 0 bridgehead atoms. The van der Waals surface area contributed by atoms with E-state index in [0.717, 1.165) is 11.3 Å². The number of nitrogens with one attached hydrogen (secondary N) is 1. The van der Waals surface area contributed by atoms with Crippen LogP contribution in [0.25, 0.3) is 0 Å². The Kier molecular flexibility index (Phi) is 4.77. The lowest BCUT2D eigenvalue weighted by Gasteiger charge is -2.32. The van der Waals surface area contributed by atoms with Crippen molar-refractivity contribution in [3.05, 3.63) is 29.3 Å². The zero-order chi connectivity index (χ0) is 13.9. The van der Waals surface area contributed by atoms with Gasteiger partial charge in [-0.1, -0.05) is 26.0 Å². The first-order chi connectivity index (χ1) is 8.33. The van der Waals surface area contributed by atoms with Crippen LogP contribution in [0.5, 0.6) is 5.75 Å². The van der Waals surface area contributed by atoms with Crippen molar-refractivity contribution in [2.75, 3.05) is 14.2 Å². The predicted molar refractivity (Wildman–Crippen MR) is 77.2 cm³/mol. The van der Waals surface area contributed by atoms with Crippen molar-refractivity contribution in [2.24, 2.45) is 5.73 Å². The van der Waals surface area contributed by atoms with Gasteiger partial charge in [-0.3, -0.25) is 0 Å². The fourth-order valence-corrected chi connectivity index (χ4v) is 1.89. The van der Waals surface area contributed by atoms with E-state index in [4.69, 9.17) is 10.5 Å².